The van der Waals surface area contributed by atoms with Crippen LogP contribution in [0.2, 0.25) is 0 Å². The summed E-state index contributed by atoms with van der Waals surface area (Å²) in [6, 6.07) is -0.998. The summed E-state index contributed by atoms with van der Waals surface area (Å²) in [6.45, 7) is 3.38. The van der Waals surface area contributed by atoms with Crippen molar-refractivity contribution in [3.63, 3.8) is 0 Å². The second-order valence-corrected chi connectivity index (χ2v) is 6.54. The van der Waals surface area contributed by atoms with E-state index in [-0.39, 0.29) is 24.9 Å². The van der Waals surface area contributed by atoms with Crippen LogP contribution in [0.3, 0.4) is 0 Å². The number of aliphatic hydroxyl groups is 1. The lowest BCUT2D eigenvalue weighted by molar-refractivity contribution is -0.153. The van der Waals surface area contributed by atoms with Crippen molar-refractivity contribution in [2.75, 3.05) is 0 Å². The van der Waals surface area contributed by atoms with Gasteiger partial charge < -0.3 is 20.6 Å². The van der Waals surface area contributed by atoms with Crippen molar-refractivity contribution < 1.29 is 24.2 Å². The number of hydrogen-bond donors (Lipinski definition) is 3. The molecule has 7 heteroatoms. The first-order valence-corrected chi connectivity index (χ1v) is 8.57. The lowest BCUT2D eigenvalue weighted by atomic mass is 9.85. The molecule has 0 saturated heterocycles. The van der Waals surface area contributed by atoms with Crippen molar-refractivity contribution in [2.24, 2.45) is 5.92 Å². The smallest absolute Gasteiger partial charge is 0.328 e. The van der Waals surface area contributed by atoms with Crippen LogP contribution in [0.15, 0.2) is 0 Å². The molecule has 3 N–H and O–H groups in total. The van der Waals surface area contributed by atoms with Gasteiger partial charge in [0.25, 0.3) is 0 Å². The van der Waals surface area contributed by atoms with Crippen LogP contribution >= 0.6 is 0 Å². The van der Waals surface area contributed by atoms with Gasteiger partial charge in [-0.05, 0) is 39.0 Å². The van der Waals surface area contributed by atoms with Gasteiger partial charge in [-0.15, -0.1) is 0 Å². The molecule has 0 radical (unpaired) electrons. The molecule has 0 aromatic carbocycles. The second kappa shape index (κ2) is 10.2. The maximum atomic E-state index is 12.3. The Morgan fingerprint density at radius 1 is 1.25 bits per heavy atom. The third kappa shape index (κ3) is 6.78. The maximum absolute atomic E-state index is 12.3. The van der Waals surface area contributed by atoms with E-state index in [0.717, 1.165) is 32.1 Å². The van der Waals surface area contributed by atoms with Crippen molar-refractivity contribution in [1.29, 1.82) is 5.41 Å². The lowest BCUT2D eigenvalue weighted by Crippen LogP contribution is -2.49. The monoisotopic (exact) mass is 340 g/mol. The number of amides is 1. The summed E-state index contributed by atoms with van der Waals surface area (Å²) in [4.78, 5) is 35.6. The van der Waals surface area contributed by atoms with Gasteiger partial charge in [0.2, 0.25) is 5.91 Å². The maximum Gasteiger partial charge on any atom is 0.328 e. The van der Waals surface area contributed by atoms with E-state index in [1.54, 1.807) is 13.8 Å². The fourth-order valence-electron chi connectivity index (χ4n) is 2.84. The van der Waals surface area contributed by atoms with Crippen molar-refractivity contribution in [2.45, 2.75) is 77.0 Å². The number of carbonyl (C=O) groups is 3. The number of Topliss-reactive ketones (excluding diaryl/α,β-unsaturated/α-hetero) is 1. The Balaban J connectivity index is 2.66. The normalized spacial score (nSPS) is 17.8. The van der Waals surface area contributed by atoms with Crippen LogP contribution < -0.4 is 5.32 Å². The molecule has 2 atom stereocenters. The Kier molecular flexibility index (Phi) is 8.60. The number of aliphatic hydroxyl groups excluding tert-OH is 1. The number of rotatable bonds is 9. The third-order valence-electron chi connectivity index (χ3n) is 4.16. The summed E-state index contributed by atoms with van der Waals surface area (Å²) < 4.78 is 5.10. The van der Waals surface area contributed by atoms with Crippen LogP contribution in [-0.2, 0) is 19.1 Å². The first kappa shape index (κ1) is 20.3. The number of ether oxygens (including phenoxy) is 1. The molecule has 0 aromatic rings. The van der Waals surface area contributed by atoms with Gasteiger partial charge in [0.15, 0.2) is 5.78 Å². The molecule has 0 unspecified atom stereocenters. The first-order chi connectivity index (χ1) is 11.3. The molecule has 0 bridgehead atoms. The molecule has 1 aliphatic rings. The second-order valence-electron chi connectivity index (χ2n) is 6.54. The van der Waals surface area contributed by atoms with Gasteiger partial charge in [0.1, 0.15) is 12.1 Å². The molecule has 0 aliphatic heterocycles. The molecule has 0 heterocycles. The van der Waals surface area contributed by atoms with E-state index in [1.807, 2.05) is 0 Å². The highest BCUT2D eigenvalue weighted by Gasteiger charge is 2.31. The fourth-order valence-corrected chi connectivity index (χ4v) is 2.84. The Hall–Kier alpha value is -1.76. The Morgan fingerprint density at radius 2 is 1.88 bits per heavy atom. The highest BCUT2D eigenvalue weighted by atomic mass is 16.5. The standard InChI is InChI=1S/C17H28N2O5/c1-11(2)24-17(23)14(9-8-13(20)10-18)19-16(22)15(21)12-6-4-3-5-7-12/h10-12,14-15,18,21H,3-9H2,1-2H3,(H,19,22)/t14-,15-/m0/s1. The zero-order valence-electron chi connectivity index (χ0n) is 14.4. The zero-order valence-corrected chi connectivity index (χ0v) is 14.4. The Morgan fingerprint density at radius 3 is 2.42 bits per heavy atom. The van der Waals surface area contributed by atoms with Crippen LogP contribution in [0.1, 0.15) is 58.8 Å². The van der Waals surface area contributed by atoms with Crippen molar-refractivity contribution in [1.82, 2.24) is 5.32 Å². The zero-order chi connectivity index (χ0) is 18.1. The molecule has 1 fully saturated rings. The van der Waals surface area contributed by atoms with Gasteiger partial charge >= 0.3 is 5.97 Å². The molecule has 1 amide bonds. The molecular weight excluding hydrogens is 312 g/mol. The van der Waals surface area contributed by atoms with E-state index in [4.69, 9.17) is 10.1 Å². The van der Waals surface area contributed by atoms with Gasteiger partial charge in [-0.25, -0.2) is 4.79 Å². The summed E-state index contributed by atoms with van der Waals surface area (Å²) in [5.74, 6) is -1.76. The van der Waals surface area contributed by atoms with Crippen LogP contribution in [-0.4, -0.2) is 47.2 Å². The largest absolute Gasteiger partial charge is 0.461 e. The molecule has 1 rings (SSSR count). The summed E-state index contributed by atoms with van der Waals surface area (Å²) in [5.41, 5.74) is 0. The Bertz CT molecular complexity index is 458. The third-order valence-corrected chi connectivity index (χ3v) is 4.16. The van der Waals surface area contributed by atoms with Gasteiger partial charge in [-0.1, -0.05) is 19.3 Å². The molecule has 1 saturated carbocycles. The average molecular weight is 340 g/mol. The fraction of sp³-hybridized carbons (Fsp3) is 0.765. The minimum absolute atomic E-state index is 0.0405. The van der Waals surface area contributed by atoms with Crippen LogP contribution in [0.4, 0.5) is 0 Å². The SMILES string of the molecule is CC(C)OC(=O)[C@H](CCC(=O)C=N)NC(=O)[C@@H](O)C1CCCCC1. The predicted molar refractivity (Wildman–Crippen MR) is 88.8 cm³/mol. The van der Waals surface area contributed by atoms with Crippen LogP contribution in [0.5, 0.6) is 0 Å². The molecule has 7 nitrogen and oxygen atoms in total. The highest BCUT2D eigenvalue weighted by Crippen LogP contribution is 2.26. The van der Waals surface area contributed by atoms with E-state index in [9.17, 15) is 19.5 Å². The minimum atomic E-state index is -1.15. The van der Waals surface area contributed by atoms with E-state index in [2.05, 4.69) is 5.32 Å². The van der Waals surface area contributed by atoms with Gasteiger partial charge in [0.05, 0.1) is 12.3 Å². The molecule has 1 aliphatic carbocycles. The van der Waals surface area contributed by atoms with Crippen LogP contribution in [0, 0.1) is 11.3 Å². The molecular formula is C17H28N2O5. The minimum Gasteiger partial charge on any atom is -0.461 e. The van der Waals surface area contributed by atoms with Gasteiger partial charge in [-0.2, -0.15) is 0 Å². The summed E-state index contributed by atoms with van der Waals surface area (Å²) >= 11 is 0. The average Bonchev–Trinajstić information content (AvgIpc) is 2.57. The van der Waals surface area contributed by atoms with Crippen LogP contribution in [0.25, 0.3) is 0 Å². The molecule has 0 aromatic heterocycles. The van der Waals surface area contributed by atoms with E-state index in [1.165, 1.54) is 0 Å². The highest BCUT2D eigenvalue weighted by molar-refractivity contribution is 6.26. The van der Waals surface area contributed by atoms with Crippen molar-refractivity contribution in [3.05, 3.63) is 0 Å². The van der Waals surface area contributed by atoms with E-state index < -0.39 is 29.8 Å². The Labute approximate surface area is 142 Å². The lowest BCUT2D eigenvalue weighted by Gasteiger charge is -2.27. The summed E-state index contributed by atoms with van der Waals surface area (Å²) in [7, 11) is 0. The van der Waals surface area contributed by atoms with E-state index in [0.29, 0.717) is 6.21 Å². The number of nitrogens with one attached hydrogen (secondary N) is 2. The van der Waals surface area contributed by atoms with Gasteiger partial charge in [0, 0.05) is 6.42 Å². The van der Waals surface area contributed by atoms with Gasteiger partial charge in [-0.3, -0.25) is 9.59 Å². The molecule has 24 heavy (non-hydrogen) atoms. The van der Waals surface area contributed by atoms with Crippen molar-refractivity contribution >= 4 is 23.9 Å². The number of ketones is 1. The van der Waals surface area contributed by atoms with Crippen molar-refractivity contribution in [3.8, 4) is 0 Å². The molecule has 0 spiro atoms. The number of esters is 1. The number of carbonyl (C=O) groups excluding carboxylic acids is 3. The molecule has 136 valence electrons. The topological polar surface area (TPSA) is 117 Å². The summed E-state index contributed by atoms with van der Waals surface area (Å²) in [6.07, 6.45) is 3.86. The number of hydrogen-bond acceptors (Lipinski definition) is 6. The predicted octanol–water partition coefficient (Wildman–Crippen LogP) is 1.36. The van der Waals surface area contributed by atoms with E-state index >= 15 is 0 Å². The summed E-state index contributed by atoms with van der Waals surface area (Å²) in [5, 5.41) is 19.6. The quantitative estimate of drug-likeness (QED) is 0.433. The first-order valence-electron chi connectivity index (χ1n) is 8.57.